The molecule has 0 rings (SSSR count). The molecule has 5 nitrogen and oxygen atoms in total. The first kappa shape index (κ1) is 10.3. The topological polar surface area (TPSA) is 78.4 Å². The zero-order valence-corrected chi connectivity index (χ0v) is 6.68. The number of hydrogen-bond donors (Lipinski definition) is 3. The van der Waals surface area contributed by atoms with E-state index in [-0.39, 0.29) is 13.1 Å². The second-order valence-electron chi connectivity index (χ2n) is 1.86. The number of carbonyl (C=O) groups is 2. The Morgan fingerprint density at radius 1 is 1.42 bits per heavy atom. The molecule has 0 spiro atoms. The molecule has 0 radical (unpaired) electrons. The van der Waals surface area contributed by atoms with E-state index in [1.54, 1.807) is 6.92 Å². The molecule has 0 aromatic carbocycles. The Morgan fingerprint density at radius 3 is 2.58 bits per heavy atom. The van der Waals surface area contributed by atoms with Crippen LogP contribution in [0.5, 0.6) is 0 Å². The molecule has 0 fully saturated rings. The van der Waals surface area contributed by atoms with Gasteiger partial charge in [0.25, 0.3) is 0 Å². The van der Waals surface area contributed by atoms with E-state index in [2.05, 4.69) is 22.5 Å². The van der Waals surface area contributed by atoms with Crippen molar-refractivity contribution in [2.24, 2.45) is 0 Å². The SMILES string of the molecule is CC#CCNC(=O)NCC(=O)O. The molecule has 0 atom stereocenters. The number of carbonyl (C=O) groups excluding carboxylic acids is 1. The monoisotopic (exact) mass is 170 g/mol. The van der Waals surface area contributed by atoms with E-state index >= 15 is 0 Å². The van der Waals surface area contributed by atoms with Crippen LogP contribution >= 0.6 is 0 Å². The molecule has 0 saturated heterocycles. The molecule has 0 aliphatic carbocycles. The average Bonchev–Trinajstić information content (AvgIpc) is 2.01. The number of amides is 2. The predicted octanol–water partition coefficient (Wildman–Crippen LogP) is -0.607. The van der Waals surface area contributed by atoms with Crippen LogP contribution in [0.3, 0.4) is 0 Å². The largest absolute Gasteiger partial charge is 0.480 e. The maximum Gasteiger partial charge on any atom is 0.323 e. The van der Waals surface area contributed by atoms with Gasteiger partial charge >= 0.3 is 12.0 Å². The Bertz CT molecular complexity index is 227. The lowest BCUT2D eigenvalue weighted by Gasteiger charge is -2.00. The van der Waals surface area contributed by atoms with Crippen molar-refractivity contribution in [3.63, 3.8) is 0 Å². The molecule has 0 aromatic heterocycles. The summed E-state index contributed by atoms with van der Waals surface area (Å²) in [5.41, 5.74) is 0. The zero-order valence-electron chi connectivity index (χ0n) is 6.68. The molecule has 12 heavy (non-hydrogen) atoms. The molecule has 0 bridgehead atoms. The number of carboxylic acids is 1. The van der Waals surface area contributed by atoms with Gasteiger partial charge in [-0.25, -0.2) is 4.79 Å². The van der Waals surface area contributed by atoms with Crippen molar-refractivity contribution in [2.45, 2.75) is 6.92 Å². The van der Waals surface area contributed by atoms with Crippen LogP contribution < -0.4 is 10.6 Å². The summed E-state index contributed by atoms with van der Waals surface area (Å²) in [5.74, 6) is 4.10. The lowest BCUT2D eigenvalue weighted by atomic mass is 10.6. The standard InChI is InChI=1S/C7H10N2O3/c1-2-3-4-8-7(12)9-5-6(10)11/h4-5H2,1H3,(H,10,11)(H2,8,9,12). The van der Waals surface area contributed by atoms with Gasteiger partial charge in [0.05, 0.1) is 6.54 Å². The van der Waals surface area contributed by atoms with Crippen LogP contribution in [0.1, 0.15) is 6.92 Å². The van der Waals surface area contributed by atoms with Gasteiger partial charge < -0.3 is 15.7 Å². The van der Waals surface area contributed by atoms with Crippen LogP contribution in [0.2, 0.25) is 0 Å². The third-order valence-electron chi connectivity index (χ3n) is 0.914. The van der Waals surface area contributed by atoms with Gasteiger partial charge in [0.2, 0.25) is 0 Å². The summed E-state index contributed by atoms with van der Waals surface area (Å²) in [6, 6.07) is -0.528. The first-order chi connectivity index (χ1) is 5.66. The smallest absolute Gasteiger partial charge is 0.323 e. The molecule has 0 aromatic rings. The van der Waals surface area contributed by atoms with Gasteiger partial charge in [-0.05, 0) is 6.92 Å². The third kappa shape index (κ3) is 6.42. The van der Waals surface area contributed by atoms with Gasteiger partial charge in [-0.1, -0.05) is 5.92 Å². The molecule has 66 valence electrons. The van der Waals surface area contributed by atoms with Crippen molar-refractivity contribution < 1.29 is 14.7 Å². The van der Waals surface area contributed by atoms with E-state index in [0.717, 1.165) is 0 Å². The molecule has 0 unspecified atom stereocenters. The second-order valence-corrected chi connectivity index (χ2v) is 1.86. The maximum absolute atomic E-state index is 10.7. The Balaban J connectivity index is 3.44. The highest BCUT2D eigenvalue weighted by Gasteiger charge is 2.00. The van der Waals surface area contributed by atoms with E-state index in [0.29, 0.717) is 0 Å². The van der Waals surface area contributed by atoms with Gasteiger partial charge in [-0.15, -0.1) is 5.92 Å². The number of carboxylic acid groups (broad SMARTS) is 1. The highest BCUT2D eigenvalue weighted by molar-refractivity contribution is 5.79. The first-order valence-corrected chi connectivity index (χ1v) is 3.30. The fourth-order valence-corrected chi connectivity index (χ4v) is 0.431. The summed E-state index contributed by atoms with van der Waals surface area (Å²) in [4.78, 5) is 20.6. The van der Waals surface area contributed by atoms with E-state index in [1.807, 2.05) is 0 Å². The quantitative estimate of drug-likeness (QED) is 0.494. The van der Waals surface area contributed by atoms with Crippen molar-refractivity contribution in [3.05, 3.63) is 0 Å². The highest BCUT2D eigenvalue weighted by Crippen LogP contribution is 1.65. The molecular weight excluding hydrogens is 160 g/mol. The van der Waals surface area contributed by atoms with Gasteiger partial charge in [0.15, 0.2) is 0 Å². The van der Waals surface area contributed by atoms with Crippen LogP contribution in [0.25, 0.3) is 0 Å². The Kier molecular flexibility index (Phi) is 5.18. The predicted molar refractivity (Wildman–Crippen MR) is 42.5 cm³/mol. The van der Waals surface area contributed by atoms with Gasteiger partial charge in [0, 0.05) is 0 Å². The summed E-state index contributed by atoms with van der Waals surface area (Å²) in [5, 5.41) is 12.6. The number of nitrogens with one attached hydrogen (secondary N) is 2. The van der Waals surface area contributed by atoms with Crippen LogP contribution in [-0.2, 0) is 4.79 Å². The summed E-state index contributed by atoms with van der Waals surface area (Å²) in [6.45, 7) is 1.49. The molecule has 3 N–H and O–H groups in total. The minimum absolute atomic E-state index is 0.224. The third-order valence-corrected chi connectivity index (χ3v) is 0.914. The maximum atomic E-state index is 10.7. The first-order valence-electron chi connectivity index (χ1n) is 3.30. The lowest BCUT2D eigenvalue weighted by Crippen LogP contribution is -2.38. The van der Waals surface area contributed by atoms with Crippen molar-refractivity contribution in [2.75, 3.05) is 13.1 Å². The molecule has 0 aliphatic heterocycles. The van der Waals surface area contributed by atoms with E-state index in [4.69, 9.17) is 5.11 Å². The van der Waals surface area contributed by atoms with Gasteiger partial charge in [-0.3, -0.25) is 4.79 Å². The van der Waals surface area contributed by atoms with Crippen molar-refractivity contribution in [3.8, 4) is 11.8 Å². The van der Waals surface area contributed by atoms with Crippen LogP contribution in [0.4, 0.5) is 4.79 Å². The van der Waals surface area contributed by atoms with Crippen LogP contribution in [-0.4, -0.2) is 30.2 Å². The van der Waals surface area contributed by atoms with Crippen LogP contribution in [0.15, 0.2) is 0 Å². The highest BCUT2D eigenvalue weighted by atomic mass is 16.4. The average molecular weight is 170 g/mol. The van der Waals surface area contributed by atoms with Crippen molar-refractivity contribution in [1.82, 2.24) is 10.6 Å². The molecule has 0 heterocycles. The van der Waals surface area contributed by atoms with Crippen molar-refractivity contribution in [1.29, 1.82) is 0 Å². The summed E-state index contributed by atoms with van der Waals surface area (Å²) in [7, 11) is 0. The fraction of sp³-hybridized carbons (Fsp3) is 0.429. The minimum atomic E-state index is -1.08. The van der Waals surface area contributed by atoms with Crippen LogP contribution in [0, 0.1) is 11.8 Å². The summed E-state index contributed by atoms with van der Waals surface area (Å²) in [6.07, 6.45) is 0. The normalized spacial score (nSPS) is 7.75. The second kappa shape index (κ2) is 6.04. The Hall–Kier alpha value is -1.70. The van der Waals surface area contributed by atoms with E-state index in [1.165, 1.54) is 0 Å². The number of urea groups is 1. The number of rotatable bonds is 3. The Labute approximate surface area is 70.1 Å². The summed E-state index contributed by atoms with van der Waals surface area (Å²) < 4.78 is 0. The number of hydrogen-bond acceptors (Lipinski definition) is 2. The molecule has 0 aliphatic rings. The van der Waals surface area contributed by atoms with E-state index < -0.39 is 12.0 Å². The molecular formula is C7H10N2O3. The lowest BCUT2D eigenvalue weighted by molar-refractivity contribution is -0.135. The zero-order chi connectivity index (χ0) is 9.40. The molecule has 2 amide bonds. The minimum Gasteiger partial charge on any atom is -0.480 e. The summed E-state index contributed by atoms with van der Waals surface area (Å²) >= 11 is 0. The van der Waals surface area contributed by atoms with E-state index in [9.17, 15) is 9.59 Å². The molecule has 0 saturated carbocycles. The molecule has 5 heteroatoms. The van der Waals surface area contributed by atoms with Crippen molar-refractivity contribution >= 4 is 12.0 Å². The Morgan fingerprint density at radius 2 is 2.08 bits per heavy atom. The van der Waals surface area contributed by atoms with Gasteiger partial charge in [-0.2, -0.15) is 0 Å². The van der Waals surface area contributed by atoms with Gasteiger partial charge in [0.1, 0.15) is 6.54 Å². The fourth-order valence-electron chi connectivity index (χ4n) is 0.431. The number of aliphatic carboxylic acids is 1.